The van der Waals surface area contributed by atoms with Gasteiger partial charge in [0.1, 0.15) is 0 Å². The van der Waals surface area contributed by atoms with E-state index in [0.29, 0.717) is 13.3 Å². The fourth-order valence-corrected chi connectivity index (χ4v) is 0.821. The monoisotopic (exact) mass is 257 g/mol. The fourth-order valence-electron chi connectivity index (χ4n) is 0.821. The summed E-state index contributed by atoms with van der Waals surface area (Å²) in [4.78, 5) is 21.6. The summed E-state index contributed by atoms with van der Waals surface area (Å²) in [6.45, 7) is 0.698. The molecular weight excluding hydrogens is 243 g/mol. The van der Waals surface area contributed by atoms with E-state index < -0.39 is 23.7 Å². The van der Waals surface area contributed by atoms with Gasteiger partial charge in [-0.3, -0.25) is 0 Å². The molecule has 0 aromatic rings. The van der Waals surface area contributed by atoms with E-state index in [9.17, 15) is 22.8 Å². The van der Waals surface area contributed by atoms with Crippen molar-refractivity contribution in [2.24, 2.45) is 5.73 Å². The number of halogens is 3. The van der Waals surface area contributed by atoms with Crippen molar-refractivity contribution >= 4 is 12.0 Å². The normalized spacial score (nSPS) is 14.9. The minimum absolute atomic E-state index is 0.0654. The van der Waals surface area contributed by atoms with Crippen molar-refractivity contribution < 1.29 is 27.9 Å². The average molecular weight is 257 g/mol. The molecule has 0 aromatic heterocycles. The number of nitrogens with one attached hydrogen (secondary N) is 2. The zero-order chi connectivity index (χ0) is 13.7. The summed E-state index contributed by atoms with van der Waals surface area (Å²) >= 11 is 0. The highest BCUT2D eigenvalue weighted by atomic mass is 19.4. The molecule has 0 fully saturated rings. The molecule has 2 amide bonds. The standard InChI is InChI=1S/C8H14F3N3O3/c1-7(5(15)16,8(9,10)11)14-6(17)13-4-2-3-12/h2-4,12H2,1H3,(H,15,16)(H2,13,14,17). The van der Waals surface area contributed by atoms with Crippen LogP contribution >= 0.6 is 0 Å². The Morgan fingerprint density at radius 1 is 1.35 bits per heavy atom. The van der Waals surface area contributed by atoms with Crippen LogP contribution in [0, 0.1) is 0 Å². The first kappa shape index (κ1) is 15.5. The highest BCUT2D eigenvalue weighted by molar-refractivity contribution is 5.86. The Labute approximate surface area is 95.3 Å². The van der Waals surface area contributed by atoms with Crippen LogP contribution in [0.3, 0.4) is 0 Å². The van der Waals surface area contributed by atoms with Crippen molar-refractivity contribution in [2.75, 3.05) is 13.1 Å². The molecule has 0 saturated carbocycles. The van der Waals surface area contributed by atoms with Crippen LogP contribution in [-0.2, 0) is 4.79 Å². The molecule has 0 bridgehead atoms. The number of hydrogen-bond acceptors (Lipinski definition) is 3. The number of hydrogen-bond donors (Lipinski definition) is 4. The largest absolute Gasteiger partial charge is 0.479 e. The summed E-state index contributed by atoms with van der Waals surface area (Å²) in [6.07, 6.45) is -4.72. The van der Waals surface area contributed by atoms with Gasteiger partial charge in [-0.15, -0.1) is 0 Å². The van der Waals surface area contributed by atoms with Crippen LogP contribution in [0.4, 0.5) is 18.0 Å². The van der Waals surface area contributed by atoms with Crippen LogP contribution < -0.4 is 16.4 Å². The van der Waals surface area contributed by atoms with E-state index in [-0.39, 0.29) is 13.1 Å². The Morgan fingerprint density at radius 2 is 1.88 bits per heavy atom. The molecule has 9 heteroatoms. The first-order chi connectivity index (χ1) is 7.65. The number of alkyl halides is 3. The molecule has 6 nitrogen and oxygen atoms in total. The molecule has 0 saturated heterocycles. The second-order valence-corrected chi connectivity index (χ2v) is 3.45. The Hall–Kier alpha value is -1.51. The van der Waals surface area contributed by atoms with Gasteiger partial charge < -0.3 is 21.5 Å². The van der Waals surface area contributed by atoms with Gasteiger partial charge in [0, 0.05) is 6.54 Å². The number of carboxylic acids is 1. The summed E-state index contributed by atoms with van der Waals surface area (Å²) in [5, 5.41) is 12.0. The van der Waals surface area contributed by atoms with Gasteiger partial charge in [-0.25, -0.2) is 9.59 Å². The number of aliphatic carboxylic acids is 1. The van der Waals surface area contributed by atoms with E-state index in [2.05, 4.69) is 5.32 Å². The summed E-state index contributed by atoms with van der Waals surface area (Å²) in [6, 6.07) is -1.21. The van der Waals surface area contributed by atoms with Crippen LogP contribution in [0.15, 0.2) is 0 Å². The molecule has 0 spiro atoms. The molecule has 0 aliphatic rings. The van der Waals surface area contributed by atoms with Crippen molar-refractivity contribution in [3.8, 4) is 0 Å². The molecule has 5 N–H and O–H groups in total. The SMILES string of the molecule is CC(NC(=O)NCCCN)(C(=O)O)C(F)(F)F. The lowest BCUT2D eigenvalue weighted by atomic mass is 10.0. The number of nitrogens with two attached hydrogens (primary N) is 1. The van der Waals surface area contributed by atoms with Crippen molar-refractivity contribution in [3.05, 3.63) is 0 Å². The molecule has 0 aliphatic heterocycles. The maximum absolute atomic E-state index is 12.5. The van der Waals surface area contributed by atoms with E-state index in [1.807, 2.05) is 0 Å². The smallest absolute Gasteiger partial charge is 0.422 e. The van der Waals surface area contributed by atoms with Gasteiger partial charge in [0.05, 0.1) is 0 Å². The van der Waals surface area contributed by atoms with Gasteiger partial charge in [0.15, 0.2) is 0 Å². The molecular formula is C8H14F3N3O3. The molecule has 0 radical (unpaired) electrons. The second-order valence-electron chi connectivity index (χ2n) is 3.45. The van der Waals surface area contributed by atoms with Gasteiger partial charge in [-0.05, 0) is 19.9 Å². The number of urea groups is 1. The molecule has 0 aromatic carbocycles. The maximum atomic E-state index is 12.5. The number of carbonyl (C=O) groups is 2. The van der Waals surface area contributed by atoms with Gasteiger partial charge in [0.2, 0.25) is 5.54 Å². The van der Waals surface area contributed by atoms with Gasteiger partial charge in [-0.2, -0.15) is 13.2 Å². The van der Waals surface area contributed by atoms with Crippen molar-refractivity contribution in [3.63, 3.8) is 0 Å². The van der Waals surface area contributed by atoms with Gasteiger partial charge in [0.25, 0.3) is 0 Å². The Bertz CT molecular complexity index is 295. The number of amides is 2. The lowest BCUT2D eigenvalue weighted by Crippen LogP contribution is -2.63. The summed E-state index contributed by atoms with van der Waals surface area (Å²) in [5.41, 5.74) is 1.79. The van der Waals surface area contributed by atoms with E-state index in [1.165, 1.54) is 5.32 Å². The third-order valence-corrected chi connectivity index (χ3v) is 2.02. The lowest BCUT2D eigenvalue weighted by molar-refractivity contribution is -0.203. The van der Waals surface area contributed by atoms with Gasteiger partial charge in [-0.1, -0.05) is 0 Å². The Kier molecular flexibility index (Phi) is 5.20. The third-order valence-electron chi connectivity index (χ3n) is 2.02. The van der Waals surface area contributed by atoms with E-state index in [1.54, 1.807) is 0 Å². The fraction of sp³-hybridized carbons (Fsp3) is 0.750. The molecule has 100 valence electrons. The minimum Gasteiger partial charge on any atom is -0.479 e. The van der Waals surface area contributed by atoms with E-state index >= 15 is 0 Å². The third kappa shape index (κ3) is 4.10. The Balaban J connectivity index is 4.58. The molecule has 0 rings (SSSR count). The molecule has 17 heavy (non-hydrogen) atoms. The predicted octanol–water partition coefficient (Wildman–Crippen LogP) is 0.0400. The number of carboxylic acid groups (broad SMARTS) is 1. The van der Waals surface area contributed by atoms with Crippen LogP contribution in [0.1, 0.15) is 13.3 Å². The van der Waals surface area contributed by atoms with Crippen LogP contribution in [0.2, 0.25) is 0 Å². The summed E-state index contributed by atoms with van der Waals surface area (Å²) in [7, 11) is 0. The first-order valence-corrected chi connectivity index (χ1v) is 4.71. The molecule has 1 atom stereocenters. The van der Waals surface area contributed by atoms with Crippen LogP contribution in [0.25, 0.3) is 0 Å². The highest BCUT2D eigenvalue weighted by Gasteiger charge is 2.58. The molecule has 0 aliphatic carbocycles. The van der Waals surface area contributed by atoms with Crippen molar-refractivity contribution in [1.29, 1.82) is 0 Å². The van der Waals surface area contributed by atoms with Crippen LogP contribution in [0.5, 0.6) is 0 Å². The predicted molar refractivity (Wildman–Crippen MR) is 52.3 cm³/mol. The van der Waals surface area contributed by atoms with Crippen molar-refractivity contribution in [2.45, 2.75) is 25.1 Å². The van der Waals surface area contributed by atoms with E-state index in [4.69, 9.17) is 10.8 Å². The zero-order valence-corrected chi connectivity index (χ0v) is 9.10. The molecule has 0 heterocycles. The van der Waals surface area contributed by atoms with Gasteiger partial charge >= 0.3 is 18.2 Å². The summed E-state index contributed by atoms with van der Waals surface area (Å²) < 4.78 is 37.4. The summed E-state index contributed by atoms with van der Waals surface area (Å²) in [5.74, 6) is -2.18. The topological polar surface area (TPSA) is 104 Å². The average Bonchev–Trinajstić information content (AvgIpc) is 2.15. The quantitative estimate of drug-likeness (QED) is 0.522. The highest BCUT2D eigenvalue weighted by Crippen LogP contribution is 2.30. The van der Waals surface area contributed by atoms with E-state index in [0.717, 1.165) is 0 Å². The number of carbonyl (C=O) groups excluding carboxylic acids is 1. The number of rotatable bonds is 5. The van der Waals surface area contributed by atoms with Crippen molar-refractivity contribution in [1.82, 2.24) is 10.6 Å². The zero-order valence-electron chi connectivity index (χ0n) is 9.10. The molecule has 1 unspecified atom stereocenters. The lowest BCUT2D eigenvalue weighted by Gasteiger charge is -2.28. The minimum atomic E-state index is -5.09. The first-order valence-electron chi connectivity index (χ1n) is 4.71. The second kappa shape index (κ2) is 5.71. The van der Waals surface area contributed by atoms with Crippen LogP contribution in [-0.4, -0.2) is 41.9 Å². The maximum Gasteiger partial charge on any atom is 0.422 e. The Morgan fingerprint density at radius 3 is 2.24 bits per heavy atom.